The van der Waals surface area contributed by atoms with Crippen LogP contribution in [-0.4, -0.2) is 15.0 Å². The van der Waals surface area contributed by atoms with Gasteiger partial charge in [0.15, 0.2) is 17.5 Å². The van der Waals surface area contributed by atoms with Gasteiger partial charge in [0.25, 0.3) is 0 Å². The summed E-state index contributed by atoms with van der Waals surface area (Å²) in [4.78, 5) is 14.9. The molecule has 0 fully saturated rings. The van der Waals surface area contributed by atoms with Crippen LogP contribution in [0.2, 0.25) is 0 Å². The van der Waals surface area contributed by atoms with Crippen molar-refractivity contribution < 1.29 is 4.42 Å². The summed E-state index contributed by atoms with van der Waals surface area (Å²) in [7, 11) is 0. The molecule has 0 saturated heterocycles. The molecule has 44 heavy (non-hydrogen) atoms. The van der Waals surface area contributed by atoms with E-state index in [4.69, 9.17) is 19.4 Å². The van der Waals surface area contributed by atoms with Gasteiger partial charge in [0.2, 0.25) is 0 Å². The fraction of sp³-hybridized carbons (Fsp3) is 0.175. The van der Waals surface area contributed by atoms with E-state index < -0.39 is 0 Å². The van der Waals surface area contributed by atoms with Gasteiger partial charge in [0.1, 0.15) is 11.2 Å². The smallest absolute Gasteiger partial charge is 0.167 e. The highest BCUT2D eigenvalue weighted by Gasteiger charge is 2.41. The molecule has 0 saturated carbocycles. The summed E-state index contributed by atoms with van der Waals surface area (Å²) in [6.45, 7) is 9.44. The lowest BCUT2D eigenvalue weighted by Crippen LogP contribution is -2.17. The number of nitrogens with zero attached hydrogens (tertiary/aromatic N) is 3. The number of furan rings is 1. The maximum absolute atomic E-state index is 6.35. The predicted molar refractivity (Wildman–Crippen MR) is 180 cm³/mol. The first kappa shape index (κ1) is 26.5. The number of fused-ring (bicyclic) bond motifs is 4. The summed E-state index contributed by atoms with van der Waals surface area (Å²) >= 11 is 0. The Morgan fingerprint density at radius 1 is 0.500 bits per heavy atom. The topological polar surface area (TPSA) is 51.8 Å². The van der Waals surface area contributed by atoms with Gasteiger partial charge in [0.05, 0.1) is 5.56 Å². The second-order valence-corrected chi connectivity index (χ2v) is 13.2. The quantitative estimate of drug-likeness (QED) is 0.211. The van der Waals surface area contributed by atoms with Crippen molar-refractivity contribution >= 4 is 21.9 Å². The Morgan fingerprint density at radius 2 is 1.09 bits per heavy atom. The van der Waals surface area contributed by atoms with E-state index in [0.29, 0.717) is 17.5 Å². The Labute approximate surface area is 257 Å². The molecule has 0 bridgehead atoms. The monoisotopic (exact) mass is 571 g/mol. The van der Waals surface area contributed by atoms with E-state index in [1.807, 2.05) is 60.7 Å². The van der Waals surface area contributed by atoms with Crippen LogP contribution in [0.3, 0.4) is 0 Å². The predicted octanol–water partition coefficient (Wildman–Crippen LogP) is 10.4. The van der Waals surface area contributed by atoms with Gasteiger partial charge in [-0.25, -0.2) is 15.0 Å². The zero-order valence-electron chi connectivity index (χ0n) is 25.4. The van der Waals surface area contributed by atoms with Crippen molar-refractivity contribution in [1.82, 2.24) is 15.0 Å². The Kier molecular flexibility index (Phi) is 5.86. The van der Waals surface area contributed by atoms with Crippen molar-refractivity contribution in [3.8, 4) is 45.3 Å². The zero-order chi connectivity index (χ0) is 30.1. The summed E-state index contributed by atoms with van der Waals surface area (Å²) in [5.74, 6) is 1.85. The summed E-state index contributed by atoms with van der Waals surface area (Å²) in [5, 5.41) is 2.13. The van der Waals surface area contributed by atoms with E-state index in [9.17, 15) is 0 Å². The average Bonchev–Trinajstić information content (AvgIpc) is 3.51. The van der Waals surface area contributed by atoms with Crippen molar-refractivity contribution in [3.05, 3.63) is 126 Å². The first-order valence-electron chi connectivity index (χ1n) is 15.2. The van der Waals surface area contributed by atoms with E-state index in [-0.39, 0.29) is 10.8 Å². The molecule has 0 unspecified atom stereocenters. The van der Waals surface area contributed by atoms with Gasteiger partial charge in [-0.1, -0.05) is 131 Å². The maximum Gasteiger partial charge on any atom is 0.167 e. The third-order valence-electron chi connectivity index (χ3n) is 9.15. The van der Waals surface area contributed by atoms with Crippen LogP contribution in [-0.2, 0) is 10.8 Å². The highest BCUT2D eigenvalue weighted by atomic mass is 16.3. The molecular formula is C40H33N3O. The molecule has 0 spiro atoms. The third-order valence-corrected chi connectivity index (χ3v) is 9.15. The number of para-hydroxylation sites is 2. The SMILES string of the molecule is CC1(C)CC(C)(C)c2cc(-c3ccc(-c4nc(-c5ccccc5)nc(-c5cccc6c5oc5ccccc56)n4)cc3)ccc21. The molecule has 2 aromatic heterocycles. The molecule has 214 valence electrons. The van der Waals surface area contributed by atoms with Gasteiger partial charge in [-0.15, -0.1) is 0 Å². The van der Waals surface area contributed by atoms with Crippen LogP contribution in [0.5, 0.6) is 0 Å². The number of hydrogen-bond donors (Lipinski definition) is 0. The largest absolute Gasteiger partial charge is 0.455 e. The Bertz CT molecular complexity index is 2190. The molecular weight excluding hydrogens is 538 g/mol. The van der Waals surface area contributed by atoms with E-state index >= 15 is 0 Å². The van der Waals surface area contributed by atoms with Gasteiger partial charge in [-0.3, -0.25) is 0 Å². The lowest BCUT2D eigenvalue weighted by atomic mass is 9.82. The van der Waals surface area contributed by atoms with Crippen molar-refractivity contribution in [1.29, 1.82) is 0 Å². The molecule has 2 heterocycles. The molecule has 7 aromatic rings. The average molecular weight is 572 g/mol. The minimum absolute atomic E-state index is 0.159. The molecule has 0 atom stereocenters. The van der Waals surface area contributed by atoms with Crippen LogP contribution in [0.4, 0.5) is 0 Å². The van der Waals surface area contributed by atoms with Crippen LogP contribution in [0, 0.1) is 0 Å². The van der Waals surface area contributed by atoms with Crippen LogP contribution in [0.15, 0.2) is 120 Å². The Balaban J connectivity index is 1.24. The van der Waals surface area contributed by atoms with Crippen molar-refractivity contribution in [2.75, 3.05) is 0 Å². The summed E-state index contributed by atoms with van der Waals surface area (Å²) in [6, 6.07) is 39.9. The first-order chi connectivity index (χ1) is 21.3. The number of benzene rings is 5. The molecule has 0 radical (unpaired) electrons. The first-order valence-corrected chi connectivity index (χ1v) is 15.2. The summed E-state index contributed by atoms with van der Waals surface area (Å²) in [5.41, 5.74) is 10.0. The molecule has 8 rings (SSSR count). The Morgan fingerprint density at radius 3 is 1.86 bits per heavy atom. The van der Waals surface area contributed by atoms with Gasteiger partial charge in [-0.05, 0) is 51.6 Å². The van der Waals surface area contributed by atoms with Crippen LogP contribution >= 0.6 is 0 Å². The second-order valence-electron chi connectivity index (χ2n) is 13.2. The molecule has 5 aromatic carbocycles. The molecule has 4 nitrogen and oxygen atoms in total. The molecule has 1 aliphatic carbocycles. The fourth-order valence-electron chi connectivity index (χ4n) is 7.25. The van der Waals surface area contributed by atoms with Gasteiger partial charge >= 0.3 is 0 Å². The third kappa shape index (κ3) is 4.32. The Hall–Kier alpha value is -5.09. The lowest BCUT2D eigenvalue weighted by molar-refractivity contribution is 0.403. The lowest BCUT2D eigenvalue weighted by Gasteiger charge is -2.22. The van der Waals surface area contributed by atoms with E-state index in [1.165, 1.54) is 22.3 Å². The van der Waals surface area contributed by atoms with Gasteiger partial charge < -0.3 is 4.42 Å². The second kappa shape index (κ2) is 9.72. The summed E-state index contributed by atoms with van der Waals surface area (Å²) < 4.78 is 6.35. The highest BCUT2D eigenvalue weighted by molar-refractivity contribution is 6.09. The molecule has 0 N–H and O–H groups in total. The minimum Gasteiger partial charge on any atom is -0.455 e. The number of rotatable bonds is 4. The van der Waals surface area contributed by atoms with Crippen molar-refractivity contribution in [3.63, 3.8) is 0 Å². The summed E-state index contributed by atoms with van der Waals surface area (Å²) in [6.07, 6.45) is 1.16. The van der Waals surface area contributed by atoms with E-state index in [0.717, 1.165) is 45.0 Å². The van der Waals surface area contributed by atoms with Gasteiger partial charge in [-0.2, -0.15) is 0 Å². The van der Waals surface area contributed by atoms with Gasteiger partial charge in [0, 0.05) is 21.9 Å². The van der Waals surface area contributed by atoms with E-state index in [2.05, 4.69) is 82.3 Å². The zero-order valence-corrected chi connectivity index (χ0v) is 25.4. The standard InChI is InChI=1S/C40H33N3O/c1-39(2)24-40(3,4)33-23-28(21-22-32(33)39)25-17-19-27(20-18-25)37-41-36(26-11-6-5-7-12-26)42-38(43-37)31-15-10-14-30-29-13-8-9-16-34(29)44-35(30)31/h5-23H,24H2,1-4H3. The van der Waals surface area contributed by atoms with Crippen molar-refractivity contribution in [2.24, 2.45) is 0 Å². The van der Waals surface area contributed by atoms with Crippen LogP contribution in [0.1, 0.15) is 45.2 Å². The minimum atomic E-state index is 0.159. The number of hydrogen-bond acceptors (Lipinski definition) is 4. The highest BCUT2D eigenvalue weighted by Crippen LogP contribution is 2.50. The normalized spacial score (nSPS) is 15.1. The molecule has 0 aliphatic heterocycles. The van der Waals surface area contributed by atoms with Crippen LogP contribution < -0.4 is 0 Å². The van der Waals surface area contributed by atoms with Crippen molar-refractivity contribution in [2.45, 2.75) is 44.9 Å². The molecule has 1 aliphatic rings. The van der Waals surface area contributed by atoms with E-state index in [1.54, 1.807) is 0 Å². The molecule has 4 heteroatoms. The number of aromatic nitrogens is 3. The molecule has 0 amide bonds. The fourth-order valence-corrected chi connectivity index (χ4v) is 7.25. The van der Waals surface area contributed by atoms with Crippen LogP contribution in [0.25, 0.3) is 67.2 Å². The maximum atomic E-state index is 6.35.